The van der Waals surface area contributed by atoms with Gasteiger partial charge in [-0.2, -0.15) is 5.26 Å². The normalized spacial score (nSPS) is 20.4. The number of piperazine rings is 1. The molecule has 0 aliphatic carbocycles. The number of rotatable bonds is 4. The molecule has 0 bridgehead atoms. The van der Waals surface area contributed by atoms with E-state index in [-0.39, 0.29) is 31.0 Å². The van der Waals surface area contributed by atoms with E-state index in [9.17, 15) is 14.4 Å². The summed E-state index contributed by atoms with van der Waals surface area (Å²) in [6.07, 6.45) is 0. The number of anilines is 1. The smallest absolute Gasteiger partial charge is 0.332 e. The first kappa shape index (κ1) is 16.9. The Hall–Kier alpha value is -2.92. The van der Waals surface area contributed by atoms with E-state index in [4.69, 9.17) is 10.00 Å². The Kier molecular flexibility index (Phi) is 4.67. The third-order valence-electron chi connectivity index (χ3n) is 4.30. The average Bonchev–Trinajstić information content (AvgIpc) is 2.86. The number of urea groups is 1. The molecule has 1 aromatic carbocycles. The van der Waals surface area contributed by atoms with Gasteiger partial charge in [0.05, 0.1) is 30.5 Å². The molecule has 0 radical (unpaired) electrons. The summed E-state index contributed by atoms with van der Waals surface area (Å²) in [6.45, 7) is 3.30. The number of amides is 3. The van der Waals surface area contributed by atoms with Gasteiger partial charge in [-0.15, -0.1) is 0 Å². The van der Waals surface area contributed by atoms with E-state index in [2.05, 4.69) is 0 Å². The number of hydrogen-bond donors (Lipinski definition) is 0. The molecule has 1 atom stereocenters. The van der Waals surface area contributed by atoms with Crippen molar-refractivity contribution in [2.75, 3.05) is 37.7 Å². The van der Waals surface area contributed by atoms with Crippen molar-refractivity contribution >= 4 is 23.6 Å². The number of imide groups is 1. The number of nitrogens with zero attached hydrogens (tertiary/aromatic N) is 4. The minimum absolute atomic E-state index is 0.101. The molecule has 8 nitrogen and oxygen atoms in total. The van der Waals surface area contributed by atoms with Crippen molar-refractivity contribution in [1.82, 2.24) is 9.80 Å². The van der Waals surface area contributed by atoms with Crippen molar-refractivity contribution in [2.24, 2.45) is 0 Å². The zero-order valence-electron chi connectivity index (χ0n) is 13.8. The van der Waals surface area contributed by atoms with E-state index in [0.29, 0.717) is 30.9 Å². The first-order valence-electron chi connectivity index (χ1n) is 8.08. The van der Waals surface area contributed by atoms with E-state index >= 15 is 0 Å². The third-order valence-corrected chi connectivity index (χ3v) is 4.30. The van der Waals surface area contributed by atoms with Gasteiger partial charge >= 0.3 is 12.0 Å². The number of hydrogen-bond acceptors (Lipinski definition) is 6. The van der Waals surface area contributed by atoms with Gasteiger partial charge in [-0.25, -0.2) is 9.69 Å². The summed E-state index contributed by atoms with van der Waals surface area (Å²) in [4.78, 5) is 41.4. The first-order valence-corrected chi connectivity index (χ1v) is 8.08. The number of nitriles is 1. The molecule has 3 amide bonds. The van der Waals surface area contributed by atoms with Crippen LogP contribution < -0.4 is 4.90 Å². The molecule has 8 heteroatoms. The Morgan fingerprint density at radius 3 is 2.88 bits per heavy atom. The lowest BCUT2D eigenvalue weighted by Crippen LogP contribution is -2.54. The third kappa shape index (κ3) is 3.19. The van der Waals surface area contributed by atoms with Crippen LogP contribution in [0, 0.1) is 11.3 Å². The molecule has 2 aliphatic heterocycles. The van der Waals surface area contributed by atoms with Gasteiger partial charge in [0.25, 0.3) is 5.91 Å². The van der Waals surface area contributed by atoms with Crippen LogP contribution in [0.4, 0.5) is 10.5 Å². The van der Waals surface area contributed by atoms with Crippen LogP contribution in [0.3, 0.4) is 0 Å². The van der Waals surface area contributed by atoms with Gasteiger partial charge in [-0.1, -0.05) is 6.07 Å². The van der Waals surface area contributed by atoms with E-state index < -0.39 is 6.04 Å². The van der Waals surface area contributed by atoms with Crippen molar-refractivity contribution in [2.45, 2.75) is 13.0 Å². The predicted molar refractivity (Wildman–Crippen MR) is 87.6 cm³/mol. The number of benzene rings is 1. The summed E-state index contributed by atoms with van der Waals surface area (Å²) >= 11 is 0. The summed E-state index contributed by atoms with van der Waals surface area (Å²) in [5, 5.41) is 9.01. The fraction of sp³-hybridized carbons (Fsp3) is 0.412. The van der Waals surface area contributed by atoms with Crippen LogP contribution in [-0.2, 0) is 14.3 Å². The molecule has 130 valence electrons. The summed E-state index contributed by atoms with van der Waals surface area (Å²) < 4.78 is 4.93. The standard InChI is InChI=1S/C17H18N4O4/c1-2-25-15(22)11-19-6-7-20-14(10-19)16(23)21(17(20)24)13-5-3-4-12(8-13)9-18/h3-5,8,14H,2,6-7,10-11H2,1H3. The highest BCUT2D eigenvalue weighted by molar-refractivity contribution is 6.21. The molecular formula is C17H18N4O4. The summed E-state index contributed by atoms with van der Waals surface area (Å²) in [5.74, 6) is -0.681. The van der Waals surface area contributed by atoms with Gasteiger partial charge in [-0.3, -0.25) is 14.5 Å². The fourth-order valence-electron chi connectivity index (χ4n) is 3.14. The summed E-state index contributed by atoms with van der Waals surface area (Å²) in [7, 11) is 0. The highest BCUT2D eigenvalue weighted by Gasteiger charge is 2.48. The highest BCUT2D eigenvalue weighted by atomic mass is 16.5. The molecule has 2 fully saturated rings. The predicted octanol–water partition coefficient (Wildman–Crippen LogP) is 0.574. The molecule has 2 aliphatic rings. The lowest BCUT2D eigenvalue weighted by atomic mass is 10.1. The van der Waals surface area contributed by atoms with Gasteiger partial charge in [0.1, 0.15) is 6.04 Å². The molecule has 1 aromatic rings. The van der Waals surface area contributed by atoms with Gasteiger partial charge in [0.15, 0.2) is 0 Å². The van der Waals surface area contributed by atoms with Crippen molar-refractivity contribution in [1.29, 1.82) is 5.26 Å². The lowest BCUT2D eigenvalue weighted by Gasteiger charge is -2.34. The van der Waals surface area contributed by atoms with Crippen LogP contribution in [0.5, 0.6) is 0 Å². The van der Waals surface area contributed by atoms with E-state index in [1.165, 1.54) is 11.0 Å². The van der Waals surface area contributed by atoms with Crippen molar-refractivity contribution in [3.05, 3.63) is 29.8 Å². The lowest BCUT2D eigenvalue weighted by molar-refractivity contribution is -0.145. The minimum atomic E-state index is -0.624. The molecular weight excluding hydrogens is 324 g/mol. The number of ether oxygens (including phenoxy) is 1. The molecule has 0 saturated carbocycles. The van der Waals surface area contributed by atoms with Crippen molar-refractivity contribution in [3.63, 3.8) is 0 Å². The maximum Gasteiger partial charge on any atom is 0.332 e. The van der Waals surface area contributed by atoms with Gasteiger partial charge < -0.3 is 9.64 Å². The number of carbonyl (C=O) groups excluding carboxylic acids is 3. The zero-order chi connectivity index (χ0) is 18.0. The van der Waals surface area contributed by atoms with Gasteiger partial charge in [0.2, 0.25) is 0 Å². The van der Waals surface area contributed by atoms with Crippen LogP contribution in [0.1, 0.15) is 12.5 Å². The SMILES string of the molecule is CCOC(=O)CN1CCN2C(=O)N(c3cccc(C#N)c3)C(=O)C2C1. The van der Waals surface area contributed by atoms with Gasteiger partial charge in [-0.05, 0) is 25.1 Å². The Balaban J connectivity index is 1.77. The second kappa shape index (κ2) is 6.91. The van der Waals surface area contributed by atoms with Crippen LogP contribution in [0.25, 0.3) is 0 Å². The molecule has 0 N–H and O–H groups in total. The van der Waals surface area contributed by atoms with Crippen LogP contribution >= 0.6 is 0 Å². The van der Waals surface area contributed by atoms with E-state index in [1.807, 2.05) is 11.0 Å². The van der Waals surface area contributed by atoms with Crippen molar-refractivity contribution < 1.29 is 19.1 Å². The van der Waals surface area contributed by atoms with Crippen molar-refractivity contribution in [3.8, 4) is 6.07 Å². The highest BCUT2D eigenvalue weighted by Crippen LogP contribution is 2.28. The average molecular weight is 342 g/mol. The topological polar surface area (TPSA) is 93.9 Å². The quantitative estimate of drug-likeness (QED) is 0.587. The molecule has 0 aromatic heterocycles. The second-order valence-electron chi connectivity index (χ2n) is 5.87. The Bertz CT molecular complexity index is 757. The zero-order valence-corrected chi connectivity index (χ0v) is 13.8. The second-order valence-corrected chi connectivity index (χ2v) is 5.87. The Morgan fingerprint density at radius 1 is 1.36 bits per heavy atom. The molecule has 2 heterocycles. The van der Waals surface area contributed by atoms with Crippen LogP contribution in [-0.4, -0.2) is 66.5 Å². The fourth-order valence-corrected chi connectivity index (χ4v) is 3.14. The Labute approximate surface area is 145 Å². The molecule has 2 saturated heterocycles. The summed E-state index contributed by atoms with van der Waals surface area (Å²) in [6, 6.07) is 7.39. The largest absolute Gasteiger partial charge is 0.465 e. The molecule has 1 unspecified atom stereocenters. The van der Waals surface area contributed by atoms with E-state index in [1.54, 1.807) is 25.1 Å². The maximum atomic E-state index is 12.7. The number of fused-ring (bicyclic) bond motifs is 1. The molecule has 0 spiro atoms. The minimum Gasteiger partial charge on any atom is -0.465 e. The first-order chi connectivity index (χ1) is 12.0. The van der Waals surface area contributed by atoms with Crippen LogP contribution in [0.2, 0.25) is 0 Å². The number of esters is 1. The molecule has 25 heavy (non-hydrogen) atoms. The van der Waals surface area contributed by atoms with Gasteiger partial charge in [0, 0.05) is 19.6 Å². The monoisotopic (exact) mass is 342 g/mol. The molecule has 3 rings (SSSR count). The van der Waals surface area contributed by atoms with Crippen LogP contribution in [0.15, 0.2) is 24.3 Å². The maximum absolute atomic E-state index is 12.7. The number of carbonyl (C=O) groups is 3. The summed E-state index contributed by atoms with van der Waals surface area (Å²) in [5.41, 5.74) is 0.771. The van der Waals surface area contributed by atoms with E-state index in [0.717, 1.165) is 4.90 Å². The Morgan fingerprint density at radius 2 is 2.16 bits per heavy atom.